The zero-order chi connectivity index (χ0) is 30.1. The Morgan fingerprint density at radius 2 is 1.62 bits per heavy atom. The molecule has 11 nitrogen and oxygen atoms in total. The van der Waals surface area contributed by atoms with E-state index in [2.05, 4.69) is 16.0 Å². The molecule has 1 aliphatic heterocycles. The molecule has 0 saturated carbocycles. The number of carbonyl (C=O) groups excluding carboxylic acids is 4. The summed E-state index contributed by atoms with van der Waals surface area (Å²) in [5.74, 6) is -1.13. The average molecular weight is 563 g/mol. The molecule has 3 atom stereocenters. The van der Waals surface area contributed by atoms with Crippen molar-refractivity contribution >= 4 is 23.9 Å². The van der Waals surface area contributed by atoms with E-state index in [1.165, 1.54) is 11.9 Å². The molecule has 3 amide bonds. The van der Waals surface area contributed by atoms with Crippen molar-refractivity contribution in [3.8, 4) is 0 Å². The van der Waals surface area contributed by atoms with Crippen LogP contribution in [0.1, 0.15) is 60.5 Å². The van der Waals surface area contributed by atoms with E-state index in [9.17, 15) is 19.2 Å². The first-order chi connectivity index (χ1) is 18.6. The summed E-state index contributed by atoms with van der Waals surface area (Å²) in [6.45, 7) is 13.4. The lowest BCUT2D eigenvalue weighted by Gasteiger charge is -2.43. The van der Waals surface area contributed by atoms with Gasteiger partial charge in [0.05, 0.1) is 18.8 Å². The minimum Gasteiger partial charge on any atom is -0.460 e. The number of carbonyl (C=O) groups is 4. The summed E-state index contributed by atoms with van der Waals surface area (Å²) in [6.07, 6.45) is -0.210. The lowest BCUT2D eigenvalue weighted by Crippen LogP contribution is -2.69. The van der Waals surface area contributed by atoms with E-state index in [1.807, 2.05) is 44.2 Å². The monoisotopic (exact) mass is 562 g/mol. The van der Waals surface area contributed by atoms with Gasteiger partial charge < -0.3 is 24.8 Å². The minimum absolute atomic E-state index is 0.121. The van der Waals surface area contributed by atoms with Crippen LogP contribution in [-0.2, 0) is 35.2 Å². The number of hydrogen-bond acceptors (Lipinski definition) is 8. The van der Waals surface area contributed by atoms with Crippen LogP contribution in [0, 0.1) is 5.92 Å². The number of esters is 1. The molecular formula is C29H46N4O7. The summed E-state index contributed by atoms with van der Waals surface area (Å²) in [4.78, 5) is 52.4. The van der Waals surface area contributed by atoms with Crippen LogP contribution in [0.25, 0.3) is 0 Å². The van der Waals surface area contributed by atoms with Crippen LogP contribution in [0.3, 0.4) is 0 Å². The second kappa shape index (κ2) is 14.5. The third-order valence-corrected chi connectivity index (χ3v) is 6.36. The molecule has 11 heteroatoms. The molecule has 224 valence electrons. The second-order valence-corrected chi connectivity index (χ2v) is 11.9. The molecule has 0 aromatic heterocycles. The molecule has 0 spiro atoms. The van der Waals surface area contributed by atoms with Crippen LogP contribution in [0.2, 0.25) is 0 Å². The number of nitrogens with one attached hydrogen (secondary N) is 3. The van der Waals surface area contributed by atoms with E-state index < -0.39 is 53.1 Å². The van der Waals surface area contributed by atoms with E-state index in [0.29, 0.717) is 19.6 Å². The Hall–Kier alpha value is -3.18. The van der Waals surface area contributed by atoms with Gasteiger partial charge in [0.1, 0.15) is 30.3 Å². The van der Waals surface area contributed by atoms with Gasteiger partial charge in [-0.15, -0.1) is 0 Å². The van der Waals surface area contributed by atoms with Crippen LogP contribution in [0.15, 0.2) is 30.3 Å². The SMILES string of the molecule is CC(C)C[C@H](C(=O)N[C@H](C)C(=O)NCC1(N[C@H](C)C(=O)OCc2ccccc2)COC1)N(C)C(=O)OC(C)(C)C. The van der Waals surface area contributed by atoms with Crippen molar-refractivity contribution in [2.45, 2.75) is 90.8 Å². The maximum Gasteiger partial charge on any atom is 0.410 e. The lowest BCUT2D eigenvalue weighted by atomic mass is 9.95. The summed E-state index contributed by atoms with van der Waals surface area (Å²) in [5.41, 5.74) is -0.453. The third-order valence-electron chi connectivity index (χ3n) is 6.36. The number of ether oxygens (including phenoxy) is 3. The quantitative estimate of drug-likeness (QED) is 0.312. The Morgan fingerprint density at radius 3 is 2.15 bits per heavy atom. The van der Waals surface area contributed by atoms with E-state index >= 15 is 0 Å². The van der Waals surface area contributed by atoms with E-state index in [0.717, 1.165) is 5.56 Å². The van der Waals surface area contributed by atoms with Gasteiger partial charge in [-0.05, 0) is 52.5 Å². The van der Waals surface area contributed by atoms with Crippen LogP contribution >= 0.6 is 0 Å². The van der Waals surface area contributed by atoms with E-state index in [1.54, 1.807) is 34.6 Å². The standard InChI is InChI=1S/C29H46N4O7/c1-19(2)14-23(33(8)27(37)40-28(5,6)7)25(35)31-20(3)24(34)30-16-29(17-38-18-29)32-21(4)26(36)39-15-22-12-10-9-11-13-22/h9-13,19-21,23,32H,14-18H2,1-8H3,(H,30,34)(H,31,35)/t20-,21-,23-/m1/s1. The first-order valence-corrected chi connectivity index (χ1v) is 13.7. The Morgan fingerprint density at radius 1 is 1.00 bits per heavy atom. The molecule has 40 heavy (non-hydrogen) atoms. The summed E-state index contributed by atoms with van der Waals surface area (Å²) in [7, 11) is 1.52. The maximum atomic E-state index is 13.1. The van der Waals surface area contributed by atoms with Crippen molar-refractivity contribution in [3.63, 3.8) is 0 Å². The number of amides is 3. The summed E-state index contributed by atoms with van der Waals surface area (Å²) >= 11 is 0. The highest BCUT2D eigenvalue weighted by Gasteiger charge is 2.41. The fourth-order valence-electron chi connectivity index (χ4n) is 4.09. The maximum absolute atomic E-state index is 13.1. The highest BCUT2D eigenvalue weighted by molar-refractivity contribution is 5.91. The molecule has 2 rings (SSSR count). The van der Waals surface area contributed by atoms with Gasteiger partial charge >= 0.3 is 12.1 Å². The van der Waals surface area contributed by atoms with Crippen LogP contribution in [-0.4, -0.2) is 84.8 Å². The molecule has 0 radical (unpaired) electrons. The van der Waals surface area contributed by atoms with Gasteiger partial charge in [-0.3, -0.25) is 24.6 Å². The summed E-state index contributed by atoms with van der Waals surface area (Å²) in [6, 6.07) is 7.11. The van der Waals surface area contributed by atoms with Crippen molar-refractivity contribution in [2.24, 2.45) is 5.92 Å². The van der Waals surface area contributed by atoms with Crippen molar-refractivity contribution in [2.75, 3.05) is 26.8 Å². The van der Waals surface area contributed by atoms with Gasteiger partial charge in [0.2, 0.25) is 11.8 Å². The van der Waals surface area contributed by atoms with Gasteiger partial charge in [-0.25, -0.2) is 4.79 Å². The molecular weight excluding hydrogens is 516 g/mol. The predicted octanol–water partition coefficient (Wildman–Crippen LogP) is 2.38. The molecule has 0 unspecified atom stereocenters. The number of likely N-dealkylation sites (N-methyl/N-ethyl adjacent to an activating group) is 1. The van der Waals surface area contributed by atoms with Crippen molar-refractivity contribution in [3.05, 3.63) is 35.9 Å². The Labute approximate surface area is 237 Å². The fourth-order valence-corrected chi connectivity index (χ4v) is 4.09. The first-order valence-electron chi connectivity index (χ1n) is 13.7. The van der Waals surface area contributed by atoms with Crippen LogP contribution in [0.5, 0.6) is 0 Å². The Balaban J connectivity index is 1.90. The van der Waals surface area contributed by atoms with Gasteiger partial charge in [-0.1, -0.05) is 44.2 Å². The molecule has 1 aromatic carbocycles. The largest absolute Gasteiger partial charge is 0.460 e. The minimum atomic E-state index is -0.861. The third kappa shape index (κ3) is 10.4. The normalized spacial score (nSPS) is 16.6. The lowest BCUT2D eigenvalue weighted by molar-refractivity contribution is -0.150. The summed E-state index contributed by atoms with van der Waals surface area (Å²) in [5, 5.41) is 8.79. The van der Waals surface area contributed by atoms with Crippen molar-refractivity contribution in [1.82, 2.24) is 20.9 Å². The molecule has 0 aliphatic carbocycles. The molecule has 3 N–H and O–H groups in total. The number of rotatable bonds is 13. The van der Waals surface area contributed by atoms with Gasteiger partial charge in [0.15, 0.2) is 0 Å². The topological polar surface area (TPSA) is 135 Å². The molecule has 1 heterocycles. The van der Waals surface area contributed by atoms with Gasteiger partial charge in [-0.2, -0.15) is 0 Å². The Kier molecular flexibility index (Phi) is 11.9. The van der Waals surface area contributed by atoms with E-state index in [4.69, 9.17) is 14.2 Å². The van der Waals surface area contributed by atoms with Gasteiger partial charge in [0.25, 0.3) is 0 Å². The van der Waals surface area contributed by atoms with Crippen molar-refractivity contribution in [1.29, 1.82) is 0 Å². The zero-order valence-corrected chi connectivity index (χ0v) is 25.0. The smallest absolute Gasteiger partial charge is 0.410 e. The molecule has 1 aliphatic rings. The fraction of sp³-hybridized carbons (Fsp3) is 0.655. The van der Waals surface area contributed by atoms with Crippen LogP contribution in [0.4, 0.5) is 4.79 Å². The zero-order valence-electron chi connectivity index (χ0n) is 25.0. The second-order valence-electron chi connectivity index (χ2n) is 11.9. The highest BCUT2D eigenvalue weighted by Crippen LogP contribution is 2.18. The number of hydrogen-bond donors (Lipinski definition) is 3. The molecule has 1 aromatic rings. The summed E-state index contributed by atoms with van der Waals surface area (Å²) < 4.78 is 16.2. The molecule has 1 saturated heterocycles. The predicted molar refractivity (Wildman–Crippen MR) is 150 cm³/mol. The molecule has 1 fully saturated rings. The Bertz CT molecular complexity index is 1010. The number of benzene rings is 1. The van der Waals surface area contributed by atoms with Gasteiger partial charge in [0, 0.05) is 13.6 Å². The average Bonchev–Trinajstić information content (AvgIpc) is 2.85. The van der Waals surface area contributed by atoms with Crippen molar-refractivity contribution < 1.29 is 33.4 Å². The van der Waals surface area contributed by atoms with Crippen LogP contribution < -0.4 is 16.0 Å². The molecule has 0 bridgehead atoms. The van der Waals surface area contributed by atoms with E-state index in [-0.39, 0.29) is 19.1 Å². The first kappa shape index (κ1) is 33.0. The number of nitrogens with zero attached hydrogens (tertiary/aromatic N) is 1. The highest BCUT2D eigenvalue weighted by atomic mass is 16.6.